The Balaban J connectivity index is 1.35. The van der Waals surface area contributed by atoms with Crippen molar-refractivity contribution < 1.29 is 18.5 Å². The fraction of sp³-hybridized carbons (Fsp3) is 0.381. The number of thioether (sulfide) groups is 1. The number of anilines is 1. The van der Waals surface area contributed by atoms with Gasteiger partial charge in [-0.1, -0.05) is 17.8 Å². The summed E-state index contributed by atoms with van der Waals surface area (Å²) in [5, 5.41) is 9.80. The number of aromatic nitrogens is 4. The van der Waals surface area contributed by atoms with E-state index in [1.807, 2.05) is 4.90 Å². The number of piperazine rings is 1. The van der Waals surface area contributed by atoms with Crippen molar-refractivity contribution >= 4 is 29.3 Å². The maximum atomic E-state index is 14.9. The fourth-order valence-corrected chi connectivity index (χ4v) is 4.32. The number of H-pyrrole nitrogens is 1. The van der Waals surface area contributed by atoms with Crippen LogP contribution >= 0.6 is 11.8 Å². The minimum absolute atomic E-state index is 0.00446. The molecular weight excluding hydrogens is 465 g/mol. The predicted molar refractivity (Wildman–Crippen MR) is 123 cm³/mol. The average Bonchev–Trinajstić information content (AvgIpc) is 3.41. The summed E-state index contributed by atoms with van der Waals surface area (Å²) in [4.78, 5) is 43.5. The molecule has 0 aliphatic carbocycles. The number of carbonyl (C=O) groups is 2. The molecule has 3 heterocycles. The number of hydrogen-bond donors (Lipinski definition) is 2. The highest BCUT2D eigenvalue weighted by atomic mass is 32.2. The molecule has 3 aromatic rings. The standard InChI is InChI=1S/C21H24FN7O4S/c1-13-24-21(26-25-13)34-11-19(31)28-7-5-27(6-8-28)18-4-3-15(9-17(18)22)16-10-29(33-20(16)32)12-23-14(2)30/h3-4,9-10H,5-8,11-12H2,1-2H3,(H,23,30)(H,24,25,26). The summed E-state index contributed by atoms with van der Waals surface area (Å²) in [7, 11) is 0. The fourth-order valence-electron chi connectivity index (χ4n) is 3.57. The largest absolute Gasteiger partial charge is 0.366 e. The normalized spacial score (nSPS) is 13.9. The summed E-state index contributed by atoms with van der Waals surface area (Å²) in [6.45, 7) is 5.08. The second-order valence-electron chi connectivity index (χ2n) is 7.76. The third-order valence-electron chi connectivity index (χ3n) is 5.31. The van der Waals surface area contributed by atoms with Crippen molar-refractivity contribution in [3.8, 4) is 11.1 Å². The summed E-state index contributed by atoms with van der Waals surface area (Å²) in [5.74, 6) is 0.184. The van der Waals surface area contributed by atoms with Gasteiger partial charge >= 0.3 is 5.63 Å². The number of nitrogens with zero attached hydrogens (tertiary/aromatic N) is 5. The first-order valence-corrected chi connectivity index (χ1v) is 11.6. The third-order valence-corrected chi connectivity index (χ3v) is 6.14. The second-order valence-corrected chi connectivity index (χ2v) is 8.70. The van der Waals surface area contributed by atoms with Crippen LogP contribution in [-0.2, 0) is 16.3 Å². The lowest BCUT2D eigenvalue weighted by molar-refractivity contribution is -0.128. The molecular formula is C21H24FN7O4S. The number of aromatic amines is 1. The van der Waals surface area contributed by atoms with E-state index >= 15 is 0 Å². The Morgan fingerprint density at radius 3 is 2.68 bits per heavy atom. The number of carbonyl (C=O) groups excluding carboxylic acids is 2. The van der Waals surface area contributed by atoms with E-state index in [-0.39, 0.29) is 29.8 Å². The van der Waals surface area contributed by atoms with Crippen molar-refractivity contribution in [1.82, 2.24) is 30.1 Å². The Bertz CT molecular complexity index is 1250. The number of nitrogens with one attached hydrogen (secondary N) is 2. The van der Waals surface area contributed by atoms with Crippen molar-refractivity contribution in [2.45, 2.75) is 25.7 Å². The first kappa shape index (κ1) is 23.5. The van der Waals surface area contributed by atoms with Crippen molar-refractivity contribution in [1.29, 1.82) is 0 Å². The average molecular weight is 490 g/mol. The third kappa shape index (κ3) is 5.47. The monoisotopic (exact) mass is 489 g/mol. The van der Waals surface area contributed by atoms with Gasteiger partial charge in [0, 0.05) is 33.1 Å². The number of amides is 2. The van der Waals surface area contributed by atoms with E-state index < -0.39 is 11.4 Å². The van der Waals surface area contributed by atoms with Crippen LogP contribution in [-0.4, -0.2) is 68.6 Å². The molecule has 2 amide bonds. The van der Waals surface area contributed by atoms with Gasteiger partial charge in [-0.05, 0) is 24.6 Å². The van der Waals surface area contributed by atoms with Gasteiger partial charge in [0.05, 0.1) is 23.2 Å². The molecule has 0 saturated carbocycles. The van der Waals surface area contributed by atoms with Gasteiger partial charge in [0.1, 0.15) is 18.3 Å². The molecule has 1 fully saturated rings. The van der Waals surface area contributed by atoms with Crippen LogP contribution in [0.1, 0.15) is 12.7 Å². The summed E-state index contributed by atoms with van der Waals surface area (Å²) < 4.78 is 21.2. The van der Waals surface area contributed by atoms with E-state index in [2.05, 4.69) is 20.5 Å². The number of aryl methyl sites for hydroxylation is 1. The summed E-state index contributed by atoms with van der Waals surface area (Å²) in [6, 6.07) is 4.56. The zero-order valence-corrected chi connectivity index (χ0v) is 19.5. The van der Waals surface area contributed by atoms with Crippen molar-refractivity contribution in [2.24, 2.45) is 0 Å². The van der Waals surface area contributed by atoms with Gasteiger partial charge in [0.2, 0.25) is 17.0 Å². The highest BCUT2D eigenvalue weighted by molar-refractivity contribution is 7.99. The molecule has 1 aliphatic heterocycles. The van der Waals surface area contributed by atoms with Gasteiger partial charge in [0.15, 0.2) is 0 Å². The van der Waals surface area contributed by atoms with Gasteiger partial charge in [-0.25, -0.2) is 14.2 Å². The van der Waals surface area contributed by atoms with Crippen LogP contribution in [0.3, 0.4) is 0 Å². The first-order valence-electron chi connectivity index (χ1n) is 10.6. The van der Waals surface area contributed by atoms with E-state index in [1.54, 1.807) is 24.0 Å². The number of benzene rings is 1. The molecule has 0 bridgehead atoms. The summed E-state index contributed by atoms with van der Waals surface area (Å²) >= 11 is 1.28. The highest BCUT2D eigenvalue weighted by Crippen LogP contribution is 2.26. The molecule has 11 nitrogen and oxygen atoms in total. The Morgan fingerprint density at radius 1 is 1.26 bits per heavy atom. The number of rotatable bonds is 7. The topological polar surface area (TPSA) is 129 Å². The quantitative estimate of drug-likeness (QED) is 0.474. The molecule has 1 saturated heterocycles. The maximum absolute atomic E-state index is 14.9. The summed E-state index contributed by atoms with van der Waals surface area (Å²) in [6.07, 6.45) is 1.43. The minimum atomic E-state index is -0.623. The van der Waals surface area contributed by atoms with Crippen LogP contribution in [0.15, 0.2) is 38.9 Å². The van der Waals surface area contributed by atoms with E-state index in [0.29, 0.717) is 48.4 Å². The Labute approximate surface area is 198 Å². The van der Waals surface area contributed by atoms with Crippen molar-refractivity contribution in [3.63, 3.8) is 0 Å². The molecule has 1 aromatic carbocycles. The zero-order chi connectivity index (χ0) is 24.2. The molecule has 34 heavy (non-hydrogen) atoms. The van der Waals surface area contributed by atoms with E-state index in [4.69, 9.17) is 4.52 Å². The van der Waals surface area contributed by atoms with Gasteiger partial charge < -0.3 is 19.6 Å². The first-order chi connectivity index (χ1) is 16.3. The van der Waals surface area contributed by atoms with Crippen LogP contribution in [0, 0.1) is 12.7 Å². The molecule has 13 heteroatoms. The van der Waals surface area contributed by atoms with Crippen molar-refractivity contribution in [3.05, 3.63) is 46.5 Å². The molecule has 0 unspecified atom stereocenters. The molecule has 2 N–H and O–H groups in total. The second kappa shape index (κ2) is 10.1. The van der Waals surface area contributed by atoms with E-state index in [0.717, 1.165) is 0 Å². The Hall–Kier alpha value is -3.61. The van der Waals surface area contributed by atoms with E-state index in [1.165, 1.54) is 35.7 Å². The van der Waals surface area contributed by atoms with Gasteiger partial charge in [-0.2, -0.15) is 4.74 Å². The Morgan fingerprint density at radius 2 is 2.03 bits per heavy atom. The molecule has 0 spiro atoms. The van der Waals surface area contributed by atoms with Crippen LogP contribution in [0.25, 0.3) is 11.1 Å². The van der Waals surface area contributed by atoms with E-state index in [9.17, 15) is 18.8 Å². The lowest BCUT2D eigenvalue weighted by Crippen LogP contribution is -2.49. The summed E-state index contributed by atoms with van der Waals surface area (Å²) in [5.41, 5.74) is 0.362. The zero-order valence-electron chi connectivity index (χ0n) is 18.7. The van der Waals surface area contributed by atoms with Crippen LogP contribution in [0.5, 0.6) is 0 Å². The van der Waals surface area contributed by atoms with Gasteiger partial charge in [-0.3, -0.25) is 14.7 Å². The molecule has 180 valence electrons. The number of hydrogen-bond acceptors (Lipinski definition) is 8. The predicted octanol–water partition coefficient (Wildman–Crippen LogP) is 1.21. The SMILES string of the molecule is CC(=O)NCn1cc(-c2ccc(N3CCN(C(=O)CSc4n[nH]c(C)n4)CC3)c(F)c2)c(=O)o1. The number of halogens is 1. The van der Waals surface area contributed by atoms with Crippen LogP contribution in [0.2, 0.25) is 0 Å². The molecule has 1 aliphatic rings. The van der Waals surface area contributed by atoms with Crippen LogP contribution in [0.4, 0.5) is 10.1 Å². The molecule has 0 radical (unpaired) electrons. The smallest absolute Gasteiger partial charge is 0.365 e. The Kier molecular flexibility index (Phi) is 7.01. The van der Waals surface area contributed by atoms with Crippen molar-refractivity contribution in [2.75, 3.05) is 36.8 Å². The molecule has 0 atom stereocenters. The highest BCUT2D eigenvalue weighted by Gasteiger charge is 2.24. The lowest BCUT2D eigenvalue weighted by Gasteiger charge is -2.36. The van der Waals surface area contributed by atoms with Crippen LogP contribution < -0.4 is 15.8 Å². The van der Waals surface area contributed by atoms with Gasteiger partial charge in [0.25, 0.3) is 0 Å². The molecule has 2 aromatic heterocycles. The molecule has 4 rings (SSSR count). The van der Waals surface area contributed by atoms with Gasteiger partial charge in [-0.15, -0.1) is 5.10 Å². The lowest BCUT2D eigenvalue weighted by atomic mass is 10.1. The minimum Gasteiger partial charge on any atom is -0.366 e. The maximum Gasteiger partial charge on any atom is 0.365 e.